The van der Waals surface area contributed by atoms with E-state index < -0.39 is 6.36 Å². The lowest BCUT2D eigenvalue weighted by Crippen LogP contribution is -2.18. The number of ether oxygens (including phenoxy) is 1. The molecule has 0 aliphatic carbocycles. The molecular weight excluding hydrogens is 356 g/mol. The highest BCUT2D eigenvalue weighted by atomic mass is 19.4. The maximum atomic E-state index is 12.4. The zero-order valence-corrected chi connectivity index (χ0v) is 15.3. The molecule has 0 saturated heterocycles. The maximum absolute atomic E-state index is 12.4. The Kier molecular flexibility index (Phi) is 4.40. The number of benzene rings is 2. The number of aromatic nitrogens is 2. The van der Waals surface area contributed by atoms with Crippen molar-refractivity contribution in [3.05, 3.63) is 35.4 Å². The molecule has 27 heavy (non-hydrogen) atoms. The number of nitrogens with zero attached hydrogens (tertiary/aromatic N) is 1. The number of hydrogen-bond donors (Lipinski definition) is 2. The molecule has 1 aromatic heterocycles. The molecule has 0 spiro atoms. The summed E-state index contributed by atoms with van der Waals surface area (Å²) in [5.74, 6) is 0.0103. The van der Waals surface area contributed by atoms with Gasteiger partial charge in [-0.15, -0.1) is 13.2 Å². The van der Waals surface area contributed by atoms with Gasteiger partial charge >= 0.3 is 6.36 Å². The zero-order valence-electron chi connectivity index (χ0n) is 15.3. The van der Waals surface area contributed by atoms with E-state index in [1.165, 1.54) is 18.2 Å². The van der Waals surface area contributed by atoms with Gasteiger partial charge in [0, 0.05) is 6.07 Å². The van der Waals surface area contributed by atoms with E-state index in [-0.39, 0.29) is 16.9 Å². The summed E-state index contributed by atoms with van der Waals surface area (Å²) in [6, 6.07) is 5.54. The van der Waals surface area contributed by atoms with Crippen molar-refractivity contribution in [2.45, 2.75) is 39.5 Å². The second kappa shape index (κ2) is 6.21. The summed E-state index contributed by atoms with van der Waals surface area (Å²) in [5, 5.41) is 10.8. The Balaban J connectivity index is 2.17. The Morgan fingerprint density at radius 3 is 2.41 bits per heavy atom. The lowest BCUT2D eigenvalue weighted by molar-refractivity contribution is -0.274. The van der Waals surface area contributed by atoms with Crippen LogP contribution in [0.4, 0.5) is 13.2 Å². The summed E-state index contributed by atoms with van der Waals surface area (Å²) in [4.78, 5) is 7.35. The summed E-state index contributed by atoms with van der Waals surface area (Å²) < 4.78 is 41.2. The summed E-state index contributed by atoms with van der Waals surface area (Å²) in [7, 11) is 6.11. The van der Waals surface area contributed by atoms with Gasteiger partial charge in [0.25, 0.3) is 0 Å². The van der Waals surface area contributed by atoms with E-state index in [1.54, 1.807) is 13.0 Å². The standard InChI is InChI=1S/C19H18BF3N2O2/c1-9-12(20)8-11(18(2,3)4)16(26)15(9)17-24-13-6-5-10(7-14(13)25-17)27-19(21,22)23/h5-8,26H,1-4H3,(H,24,25). The van der Waals surface area contributed by atoms with Gasteiger partial charge in [-0.05, 0) is 35.6 Å². The smallest absolute Gasteiger partial charge is 0.507 e. The normalized spacial score (nSPS) is 12.6. The van der Waals surface area contributed by atoms with Gasteiger partial charge in [0.2, 0.25) is 0 Å². The summed E-state index contributed by atoms with van der Waals surface area (Å²) in [6.45, 7) is 7.59. The first-order valence-corrected chi connectivity index (χ1v) is 8.25. The second-order valence-corrected chi connectivity index (χ2v) is 7.42. The highest BCUT2D eigenvalue weighted by Crippen LogP contribution is 2.39. The average molecular weight is 374 g/mol. The minimum absolute atomic E-state index is 0.0417. The Hall–Kier alpha value is -2.64. The van der Waals surface area contributed by atoms with Crippen LogP contribution < -0.4 is 10.2 Å². The molecule has 0 aliphatic heterocycles. The highest BCUT2D eigenvalue weighted by Gasteiger charge is 2.31. The van der Waals surface area contributed by atoms with Crippen molar-refractivity contribution in [2.75, 3.05) is 0 Å². The molecule has 4 nitrogen and oxygen atoms in total. The van der Waals surface area contributed by atoms with Crippen LogP contribution in [-0.2, 0) is 5.41 Å². The SMILES string of the molecule is [B]c1cc(C(C)(C)C)c(O)c(-c2nc3ccc(OC(F)(F)F)cc3[nH]2)c1C. The molecule has 8 heteroatoms. The van der Waals surface area contributed by atoms with E-state index in [2.05, 4.69) is 14.7 Å². The van der Waals surface area contributed by atoms with Crippen molar-refractivity contribution >= 4 is 24.3 Å². The van der Waals surface area contributed by atoms with Crippen molar-refractivity contribution in [1.82, 2.24) is 9.97 Å². The third-order valence-electron chi connectivity index (χ3n) is 4.33. The number of phenols is 1. The molecule has 0 amide bonds. The molecule has 2 aromatic carbocycles. The quantitative estimate of drug-likeness (QED) is 0.660. The van der Waals surface area contributed by atoms with Gasteiger partial charge < -0.3 is 14.8 Å². The fourth-order valence-corrected chi connectivity index (χ4v) is 2.95. The molecule has 0 unspecified atom stereocenters. The molecule has 0 aliphatic rings. The average Bonchev–Trinajstić information content (AvgIpc) is 2.91. The van der Waals surface area contributed by atoms with Crippen LogP contribution in [0.5, 0.6) is 11.5 Å². The van der Waals surface area contributed by atoms with E-state index in [0.717, 1.165) is 0 Å². The van der Waals surface area contributed by atoms with Crippen LogP contribution in [0.1, 0.15) is 31.9 Å². The number of aromatic hydroxyl groups is 1. The lowest BCUT2D eigenvalue weighted by Gasteiger charge is -2.24. The Morgan fingerprint density at radius 1 is 1.15 bits per heavy atom. The van der Waals surface area contributed by atoms with Gasteiger partial charge in [-0.1, -0.05) is 32.3 Å². The van der Waals surface area contributed by atoms with Crippen LogP contribution in [0.2, 0.25) is 0 Å². The monoisotopic (exact) mass is 374 g/mol. The van der Waals surface area contributed by atoms with Gasteiger partial charge in [-0.3, -0.25) is 0 Å². The Morgan fingerprint density at radius 2 is 1.81 bits per heavy atom. The summed E-state index contributed by atoms with van der Waals surface area (Å²) in [5.41, 5.74) is 2.64. The van der Waals surface area contributed by atoms with Crippen LogP contribution in [-0.4, -0.2) is 29.3 Å². The number of aromatic amines is 1. The van der Waals surface area contributed by atoms with E-state index >= 15 is 0 Å². The van der Waals surface area contributed by atoms with E-state index in [1.807, 2.05) is 20.8 Å². The van der Waals surface area contributed by atoms with Gasteiger partial charge in [0.1, 0.15) is 25.2 Å². The van der Waals surface area contributed by atoms with Gasteiger partial charge in [-0.2, -0.15) is 0 Å². The maximum Gasteiger partial charge on any atom is 0.573 e. The minimum Gasteiger partial charge on any atom is -0.507 e. The molecule has 0 saturated carbocycles. The van der Waals surface area contributed by atoms with Crippen molar-refractivity contribution < 1.29 is 23.0 Å². The number of nitrogens with one attached hydrogen (secondary N) is 1. The number of phenolic OH excluding ortho intramolecular Hbond substituents is 1. The first-order chi connectivity index (χ1) is 12.4. The second-order valence-electron chi connectivity index (χ2n) is 7.42. The fraction of sp³-hybridized carbons (Fsp3) is 0.316. The van der Waals surface area contributed by atoms with Gasteiger partial charge in [0.05, 0.1) is 16.6 Å². The molecule has 2 N–H and O–H groups in total. The third kappa shape index (κ3) is 3.75. The number of fused-ring (bicyclic) bond motifs is 1. The number of rotatable bonds is 2. The number of H-pyrrole nitrogens is 1. The van der Waals surface area contributed by atoms with Gasteiger partial charge in [-0.25, -0.2) is 4.98 Å². The van der Waals surface area contributed by atoms with Crippen molar-refractivity contribution in [3.8, 4) is 22.9 Å². The molecule has 0 bridgehead atoms. The predicted octanol–water partition coefficient (Wildman–Crippen LogP) is 4.23. The molecule has 1 heterocycles. The number of hydrogen-bond acceptors (Lipinski definition) is 3. The number of halogens is 3. The largest absolute Gasteiger partial charge is 0.573 e. The number of alkyl halides is 3. The van der Waals surface area contributed by atoms with Crippen LogP contribution in [0, 0.1) is 6.92 Å². The molecule has 2 radical (unpaired) electrons. The first kappa shape index (κ1) is 19.1. The molecule has 3 rings (SSSR count). The van der Waals surface area contributed by atoms with Crippen molar-refractivity contribution in [2.24, 2.45) is 0 Å². The zero-order chi connectivity index (χ0) is 20.1. The lowest BCUT2D eigenvalue weighted by atomic mass is 9.78. The topological polar surface area (TPSA) is 58.1 Å². The van der Waals surface area contributed by atoms with Crippen LogP contribution in [0.15, 0.2) is 24.3 Å². The van der Waals surface area contributed by atoms with Crippen molar-refractivity contribution in [3.63, 3.8) is 0 Å². The Bertz CT molecular complexity index is 1020. The van der Waals surface area contributed by atoms with E-state index in [9.17, 15) is 18.3 Å². The number of imidazole rings is 1. The first-order valence-electron chi connectivity index (χ1n) is 8.25. The van der Waals surface area contributed by atoms with Gasteiger partial charge in [0.15, 0.2) is 0 Å². The third-order valence-corrected chi connectivity index (χ3v) is 4.33. The molecule has 0 atom stereocenters. The van der Waals surface area contributed by atoms with E-state index in [4.69, 9.17) is 7.85 Å². The van der Waals surface area contributed by atoms with E-state index in [0.29, 0.717) is 39.0 Å². The van der Waals surface area contributed by atoms with Crippen LogP contribution in [0.3, 0.4) is 0 Å². The molecular formula is C19H18BF3N2O2. The Labute approximate surface area is 155 Å². The predicted molar refractivity (Wildman–Crippen MR) is 98.7 cm³/mol. The van der Waals surface area contributed by atoms with Crippen LogP contribution in [0.25, 0.3) is 22.4 Å². The molecule has 0 fully saturated rings. The summed E-state index contributed by atoms with van der Waals surface area (Å²) in [6.07, 6.45) is -4.78. The fourth-order valence-electron chi connectivity index (χ4n) is 2.95. The highest BCUT2D eigenvalue weighted by molar-refractivity contribution is 6.34. The molecule has 140 valence electrons. The minimum atomic E-state index is -4.78. The molecule has 3 aromatic rings. The van der Waals surface area contributed by atoms with Crippen LogP contribution >= 0.6 is 0 Å². The summed E-state index contributed by atoms with van der Waals surface area (Å²) >= 11 is 0. The van der Waals surface area contributed by atoms with Crippen molar-refractivity contribution in [1.29, 1.82) is 0 Å².